The first-order chi connectivity index (χ1) is 16.8. The van der Waals surface area contributed by atoms with E-state index in [1.807, 2.05) is 60.7 Å². The van der Waals surface area contributed by atoms with E-state index < -0.39 is 4.92 Å². The molecule has 9 nitrogen and oxygen atoms in total. The van der Waals surface area contributed by atoms with Gasteiger partial charge in [0, 0.05) is 22.6 Å². The molecule has 0 radical (unpaired) electrons. The van der Waals surface area contributed by atoms with E-state index in [2.05, 4.69) is 15.7 Å². The highest BCUT2D eigenvalue weighted by molar-refractivity contribution is 6.04. The van der Waals surface area contributed by atoms with Gasteiger partial charge in [0.2, 0.25) is 0 Å². The topological polar surface area (TPSA) is 111 Å². The summed E-state index contributed by atoms with van der Waals surface area (Å²) in [7, 11) is 1.63. The number of aryl methyl sites for hydroxylation is 1. The van der Waals surface area contributed by atoms with Crippen molar-refractivity contribution in [3.63, 3.8) is 0 Å². The smallest absolute Gasteiger partial charge is 0.312 e. The molecule has 0 saturated heterocycles. The summed E-state index contributed by atoms with van der Waals surface area (Å²) in [6.45, 7) is 3.68. The zero-order valence-corrected chi connectivity index (χ0v) is 19.6. The first kappa shape index (κ1) is 23.5. The van der Waals surface area contributed by atoms with Gasteiger partial charge in [0.25, 0.3) is 5.91 Å². The molecule has 0 aliphatic heterocycles. The second-order valence-corrected chi connectivity index (χ2v) is 8.02. The van der Waals surface area contributed by atoms with Gasteiger partial charge in [-0.1, -0.05) is 12.1 Å². The largest absolute Gasteiger partial charge is 0.497 e. The number of carbonyl (C=O) groups is 1. The average Bonchev–Trinajstić information content (AvgIpc) is 3.13. The van der Waals surface area contributed by atoms with Crippen molar-refractivity contribution in [2.75, 3.05) is 17.7 Å². The number of hydrogen-bond donors (Lipinski definition) is 2. The Morgan fingerprint density at radius 2 is 1.51 bits per heavy atom. The van der Waals surface area contributed by atoms with E-state index in [-0.39, 0.29) is 11.6 Å². The fraction of sp³-hybridized carbons (Fsp3) is 0.154. The van der Waals surface area contributed by atoms with Crippen molar-refractivity contribution in [3.8, 4) is 5.75 Å². The minimum Gasteiger partial charge on any atom is -0.497 e. The van der Waals surface area contributed by atoms with Crippen LogP contribution >= 0.6 is 0 Å². The third-order valence-electron chi connectivity index (χ3n) is 5.60. The van der Waals surface area contributed by atoms with E-state index in [1.165, 1.54) is 0 Å². The summed E-state index contributed by atoms with van der Waals surface area (Å²) in [6, 6.07) is 22.1. The molecule has 0 saturated carbocycles. The van der Waals surface area contributed by atoms with Gasteiger partial charge in [0.05, 0.1) is 18.6 Å². The lowest BCUT2D eigenvalue weighted by Gasteiger charge is -2.10. The van der Waals surface area contributed by atoms with Crippen LogP contribution in [-0.4, -0.2) is 27.7 Å². The molecule has 9 heteroatoms. The van der Waals surface area contributed by atoms with E-state index in [4.69, 9.17) is 4.74 Å². The number of anilines is 3. The van der Waals surface area contributed by atoms with Crippen LogP contribution in [0.25, 0.3) is 0 Å². The van der Waals surface area contributed by atoms with Gasteiger partial charge in [-0.3, -0.25) is 19.6 Å². The van der Waals surface area contributed by atoms with Gasteiger partial charge >= 0.3 is 5.69 Å². The zero-order valence-electron chi connectivity index (χ0n) is 19.6. The third-order valence-corrected chi connectivity index (χ3v) is 5.60. The Morgan fingerprint density at radius 3 is 2.06 bits per heavy atom. The van der Waals surface area contributed by atoms with E-state index in [0.29, 0.717) is 29.2 Å². The van der Waals surface area contributed by atoms with Crippen molar-refractivity contribution in [1.82, 2.24) is 9.78 Å². The molecule has 4 aromatic rings. The number of nitro groups is 1. The molecule has 0 atom stereocenters. The van der Waals surface area contributed by atoms with Crippen LogP contribution in [0.5, 0.6) is 5.75 Å². The molecule has 0 aliphatic carbocycles. The summed E-state index contributed by atoms with van der Waals surface area (Å²) in [5, 5.41) is 21.7. The molecule has 35 heavy (non-hydrogen) atoms. The molecule has 2 N–H and O–H groups in total. The predicted octanol–water partition coefficient (Wildman–Crippen LogP) is 5.46. The maximum absolute atomic E-state index is 12.7. The highest BCUT2D eigenvalue weighted by Crippen LogP contribution is 2.23. The number of rotatable bonds is 8. The molecule has 178 valence electrons. The maximum Gasteiger partial charge on any atom is 0.312 e. The van der Waals surface area contributed by atoms with Crippen molar-refractivity contribution in [2.45, 2.75) is 20.4 Å². The summed E-state index contributed by atoms with van der Waals surface area (Å²) >= 11 is 0. The molecular weight excluding hydrogens is 446 g/mol. The van der Waals surface area contributed by atoms with E-state index >= 15 is 0 Å². The molecule has 0 aliphatic rings. The highest BCUT2D eigenvalue weighted by Gasteiger charge is 2.21. The quantitative estimate of drug-likeness (QED) is 0.261. The van der Waals surface area contributed by atoms with Crippen molar-refractivity contribution >= 4 is 28.7 Å². The first-order valence-corrected chi connectivity index (χ1v) is 10.9. The number of ether oxygens (including phenoxy) is 1. The Bertz CT molecular complexity index is 1340. The summed E-state index contributed by atoms with van der Waals surface area (Å²) in [5.41, 5.74) is 4.80. The lowest BCUT2D eigenvalue weighted by Crippen LogP contribution is -2.12. The van der Waals surface area contributed by atoms with Crippen molar-refractivity contribution in [3.05, 3.63) is 105 Å². The van der Waals surface area contributed by atoms with Crippen LogP contribution in [-0.2, 0) is 6.54 Å². The molecule has 1 aromatic heterocycles. The average molecular weight is 472 g/mol. The summed E-state index contributed by atoms with van der Waals surface area (Å²) in [6.07, 6.45) is 0. The van der Waals surface area contributed by atoms with Gasteiger partial charge in [-0.25, -0.2) is 0 Å². The number of aromatic nitrogens is 2. The normalized spacial score (nSPS) is 10.6. The summed E-state index contributed by atoms with van der Waals surface area (Å²) in [5.74, 6) is 0.561. The Hall–Kier alpha value is -4.66. The number of hydrogen-bond acceptors (Lipinski definition) is 6. The van der Waals surface area contributed by atoms with E-state index in [9.17, 15) is 14.9 Å². The van der Waals surface area contributed by atoms with Crippen LogP contribution in [0, 0.1) is 24.0 Å². The van der Waals surface area contributed by atoms with Crippen LogP contribution in [0.15, 0.2) is 72.8 Å². The number of amides is 1. The fourth-order valence-corrected chi connectivity index (χ4v) is 3.72. The van der Waals surface area contributed by atoms with Gasteiger partial charge in [0.1, 0.15) is 17.1 Å². The van der Waals surface area contributed by atoms with E-state index in [0.717, 1.165) is 22.7 Å². The zero-order chi connectivity index (χ0) is 24.9. The van der Waals surface area contributed by atoms with Gasteiger partial charge < -0.3 is 15.4 Å². The minimum absolute atomic E-state index is 0.0335. The number of methoxy groups -OCH3 is 1. The van der Waals surface area contributed by atoms with Crippen LogP contribution in [0.4, 0.5) is 22.7 Å². The third kappa shape index (κ3) is 5.47. The SMILES string of the molecule is COc1ccc(Nc2ccc(NC(=O)c3ccc(Cn4nc(C)c([N+](=O)[O-])c4C)cc3)cc2)cc1. The second kappa shape index (κ2) is 10.1. The van der Waals surface area contributed by atoms with Gasteiger partial charge in [-0.15, -0.1) is 0 Å². The van der Waals surface area contributed by atoms with Crippen molar-refractivity contribution in [1.29, 1.82) is 0 Å². The van der Waals surface area contributed by atoms with Gasteiger partial charge in [0.15, 0.2) is 0 Å². The lowest BCUT2D eigenvalue weighted by molar-refractivity contribution is -0.386. The molecule has 0 bridgehead atoms. The Kier molecular flexibility index (Phi) is 6.77. The van der Waals surface area contributed by atoms with Crippen LogP contribution in [0.3, 0.4) is 0 Å². The summed E-state index contributed by atoms with van der Waals surface area (Å²) < 4.78 is 6.77. The number of carbonyl (C=O) groups excluding carboxylic acids is 1. The molecule has 0 spiro atoms. The highest BCUT2D eigenvalue weighted by atomic mass is 16.6. The summed E-state index contributed by atoms with van der Waals surface area (Å²) in [4.78, 5) is 23.5. The molecule has 3 aromatic carbocycles. The van der Waals surface area contributed by atoms with Crippen molar-refractivity contribution in [2.24, 2.45) is 0 Å². The molecule has 0 unspecified atom stereocenters. The first-order valence-electron chi connectivity index (χ1n) is 10.9. The molecule has 1 heterocycles. The molecule has 4 rings (SSSR count). The Labute approximate surface area is 202 Å². The standard InChI is InChI=1S/C26H25N5O4/c1-17-25(31(33)34)18(2)30(29-17)16-19-4-6-20(7-5-19)26(32)28-23-10-8-21(9-11-23)27-22-12-14-24(35-3)15-13-22/h4-15,27H,16H2,1-3H3,(H,28,32). The predicted molar refractivity (Wildman–Crippen MR) is 135 cm³/mol. The van der Waals surface area contributed by atoms with Crippen LogP contribution < -0.4 is 15.4 Å². The van der Waals surface area contributed by atoms with Gasteiger partial charge in [-0.2, -0.15) is 5.10 Å². The number of nitrogens with zero attached hydrogens (tertiary/aromatic N) is 3. The Balaban J connectivity index is 1.36. The van der Waals surface area contributed by atoms with Crippen LogP contribution in [0.1, 0.15) is 27.3 Å². The van der Waals surface area contributed by atoms with Gasteiger partial charge in [-0.05, 0) is 80.1 Å². The number of benzene rings is 3. The molecule has 1 amide bonds. The Morgan fingerprint density at radius 1 is 0.943 bits per heavy atom. The fourth-order valence-electron chi connectivity index (χ4n) is 3.72. The lowest BCUT2D eigenvalue weighted by atomic mass is 10.1. The number of nitrogens with one attached hydrogen (secondary N) is 2. The van der Waals surface area contributed by atoms with Crippen molar-refractivity contribution < 1.29 is 14.5 Å². The molecular formula is C26H25N5O4. The maximum atomic E-state index is 12.7. The minimum atomic E-state index is -0.413. The monoisotopic (exact) mass is 471 g/mol. The molecule has 0 fully saturated rings. The van der Waals surface area contributed by atoms with Crippen LogP contribution in [0.2, 0.25) is 0 Å². The van der Waals surface area contributed by atoms with E-state index in [1.54, 1.807) is 37.8 Å². The second-order valence-electron chi connectivity index (χ2n) is 8.02.